The van der Waals surface area contributed by atoms with E-state index in [2.05, 4.69) is 15.0 Å². The molecule has 1 N–H and O–H groups in total. The third-order valence-corrected chi connectivity index (χ3v) is 1.67. The lowest BCUT2D eigenvalue weighted by atomic mass is 10.4. The van der Waals surface area contributed by atoms with Crippen LogP contribution in [-0.2, 0) is 7.05 Å². The molecular weight excluding hydrogens is 168 g/mol. The van der Waals surface area contributed by atoms with E-state index in [0.717, 1.165) is 0 Å². The van der Waals surface area contributed by atoms with Gasteiger partial charge in [0.25, 0.3) is 0 Å². The fourth-order valence-electron chi connectivity index (χ4n) is 1.11. The molecule has 0 radical (unpaired) electrons. The average molecular weight is 176 g/mol. The summed E-state index contributed by atoms with van der Waals surface area (Å²) in [5.74, 6) is 0.621. The molecule has 0 aliphatic heterocycles. The zero-order chi connectivity index (χ0) is 9.26. The van der Waals surface area contributed by atoms with Crippen molar-refractivity contribution in [2.24, 2.45) is 7.05 Å². The average Bonchev–Trinajstić information content (AvgIpc) is 2.47. The van der Waals surface area contributed by atoms with Gasteiger partial charge in [0, 0.05) is 13.2 Å². The highest BCUT2D eigenvalue weighted by Crippen LogP contribution is 2.16. The molecule has 0 aliphatic rings. The minimum absolute atomic E-state index is 0.00360. The van der Waals surface area contributed by atoms with Gasteiger partial charge in [-0.05, 0) is 6.07 Å². The van der Waals surface area contributed by atoms with Crippen LogP contribution in [0, 0.1) is 0 Å². The molecule has 5 nitrogen and oxygen atoms in total. The van der Waals surface area contributed by atoms with E-state index in [9.17, 15) is 0 Å². The zero-order valence-corrected chi connectivity index (χ0v) is 7.05. The quantitative estimate of drug-likeness (QED) is 0.690. The molecule has 2 aromatic heterocycles. The molecule has 13 heavy (non-hydrogen) atoms. The number of aromatic hydroxyl groups is 1. The van der Waals surface area contributed by atoms with Gasteiger partial charge in [0.05, 0.1) is 6.20 Å². The summed E-state index contributed by atoms with van der Waals surface area (Å²) < 4.78 is 1.71. The van der Waals surface area contributed by atoms with E-state index in [4.69, 9.17) is 5.11 Å². The van der Waals surface area contributed by atoms with Gasteiger partial charge < -0.3 is 9.67 Å². The van der Waals surface area contributed by atoms with Gasteiger partial charge in [0.15, 0.2) is 5.82 Å². The van der Waals surface area contributed by atoms with Gasteiger partial charge in [-0.15, -0.1) is 0 Å². The van der Waals surface area contributed by atoms with Crippen LogP contribution in [0.4, 0.5) is 0 Å². The Morgan fingerprint density at radius 3 is 2.85 bits per heavy atom. The second-order valence-electron chi connectivity index (χ2n) is 2.63. The van der Waals surface area contributed by atoms with Crippen LogP contribution in [0.15, 0.2) is 24.8 Å². The Bertz CT molecular complexity index is 409. The molecule has 0 unspecified atom stereocenters. The zero-order valence-electron chi connectivity index (χ0n) is 7.05. The molecule has 0 spiro atoms. The number of aryl methyl sites for hydroxylation is 1. The maximum atomic E-state index is 9.12. The largest absolute Gasteiger partial charge is 0.492 e. The molecule has 5 heteroatoms. The summed E-state index contributed by atoms with van der Waals surface area (Å²) in [6.07, 6.45) is 4.60. The molecular formula is C8H8N4O. The van der Waals surface area contributed by atoms with Crippen molar-refractivity contribution in [1.29, 1.82) is 0 Å². The van der Waals surface area contributed by atoms with Crippen LogP contribution in [0.1, 0.15) is 0 Å². The molecule has 2 rings (SSSR count). The summed E-state index contributed by atoms with van der Waals surface area (Å²) in [6.45, 7) is 0. The number of hydrogen-bond donors (Lipinski definition) is 1. The van der Waals surface area contributed by atoms with Crippen LogP contribution >= 0.6 is 0 Å². The van der Waals surface area contributed by atoms with Gasteiger partial charge in [0.2, 0.25) is 5.88 Å². The molecule has 0 bridgehead atoms. The van der Waals surface area contributed by atoms with Crippen molar-refractivity contribution in [3.63, 3.8) is 0 Å². The molecule has 0 amide bonds. The first kappa shape index (κ1) is 7.72. The lowest BCUT2D eigenvalue weighted by molar-refractivity contribution is 0.456. The molecule has 0 atom stereocenters. The third-order valence-electron chi connectivity index (χ3n) is 1.67. The molecule has 2 heterocycles. The first-order valence-corrected chi connectivity index (χ1v) is 3.76. The summed E-state index contributed by atoms with van der Waals surface area (Å²) in [5, 5.41) is 9.12. The first-order chi connectivity index (χ1) is 6.27. The van der Waals surface area contributed by atoms with Crippen LogP contribution in [0.5, 0.6) is 5.88 Å². The van der Waals surface area contributed by atoms with Crippen molar-refractivity contribution in [2.45, 2.75) is 0 Å². The maximum absolute atomic E-state index is 9.12. The van der Waals surface area contributed by atoms with Gasteiger partial charge >= 0.3 is 0 Å². The van der Waals surface area contributed by atoms with Gasteiger partial charge in [-0.3, -0.25) is 0 Å². The fraction of sp³-hybridized carbons (Fsp3) is 0.125. The highest BCUT2D eigenvalue weighted by Gasteiger charge is 2.06. The Morgan fingerprint density at radius 1 is 1.46 bits per heavy atom. The Hall–Kier alpha value is -1.91. The van der Waals surface area contributed by atoms with E-state index in [1.54, 1.807) is 23.9 Å². The predicted molar refractivity (Wildman–Crippen MR) is 45.9 cm³/mol. The van der Waals surface area contributed by atoms with E-state index in [0.29, 0.717) is 11.5 Å². The Kier molecular flexibility index (Phi) is 1.70. The van der Waals surface area contributed by atoms with Crippen molar-refractivity contribution in [3.8, 4) is 17.4 Å². The molecule has 0 aromatic carbocycles. The molecule has 0 saturated heterocycles. The Morgan fingerprint density at radius 2 is 2.31 bits per heavy atom. The summed E-state index contributed by atoms with van der Waals surface area (Å²) in [4.78, 5) is 11.7. The standard InChI is InChI=1S/C8H8N4O/c1-12-4-7(13)11-8(12)6-2-3-9-5-10-6/h2-5,13H,1H3. The van der Waals surface area contributed by atoms with E-state index < -0.39 is 0 Å². The monoisotopic (exact) mass is 176 g/mol. The molecule has 2 aromatic rings. The van der Waals surface area contributed by atoms with Crippen LogP contribution < -0.4 is 0 Å². The van der Waals surface area contributed by atoms with Crippen molar-refractivity contribution in [3.05, 3.63) is 24.8 Å². The van der Waals surface area contributed by atoms with Crippen LogP contribution in [-0.4, -0.2) is 24.6 Å². The summed E-state index contributed by atoms with van der Waals surface area (Å²) in [7, 11) is 1.80. The number of aromatic nitrogens is 4. The third kappa shape index (κ3) is 1.35. The van der Waals surface area contributed by atoms with Crippen molar-refractivity contribution >= 4 is 0 Å². The Labute approximate surface area is 74.7 Å². The minimum Gasteiger partial charge on any atom is -0.492 e. The van der Waals surface area contributed by atoms with Gasteiger partial charge in [-0.1, -0.05) is 0 Å². The summed E-state index contributed by atoms with van der Waals surface area (Å²) in [5.41, 5.74) is 0.692. The van der Waals surface area contributed by atoms with E-state index in [-0.39, 0.29) is 5.88 Å². The van der Waals surface area contributed by atoms with Gasteiger partial charge in [-0.2, -0.15) is 4.98 Å². The summed E-state index contributed by atoms with van der Waals surface area (Å²) in [6, 6.07) is 1.74. The van der Waals surface area contributed by atoms with Gasteiger partial charge in [-0.25, -0.2) is 9.97 Å². The SMILES string of the molecule is Cn1cc(O)nc1-c1ccncn1. The van der Waals surface area contributed by atoms with Gasteiger partial charge in [0.1, 0.15) is 12.0 Å². The fourth-order valence-corrected chi connectivity index (χ4v) is 1.11. The maximum Gasteiger partial charge on any atom is 0.229 e. The molecule has 66 valence electrons. The van der Waals surface area contributed by atoms with Crippen LogP contribution in [0.3, 0.4) is 0 Å². The van der Waals surface area contributed by atoms with Crippen LogP contribution in [0.2, 0.25) is 0 Å². The topological polar surface area (TPSA) is 63.8 Å². The predicted octanol–water partition coefficient (Wildman–Crippen LogP) is 0.583. The normalized spacial score (nSPS) is 10.2. The van der Waals surface area contributed by atoms with Crippen molar-refractivity contribution < 1.29 is 5.11 Å². The molecule has 0 aliphatic carbocycles. The number of imidazole rings is 1. The Balaban J connectivity index is 2.53. The second-order valence-corrected chi connectivity index (χ2v) is 2.63. The first-order valence-electron chi connectivity index (χ1n) is 3.76. The molecule has 0 saturated carbocycles. The minimum atomic E-state index is -0.00360. The highest BCUT2D eigenvalue weighted by atomic mass is 16.3. The second kappa shape index (κ2) is 2.85. The van der Waals surface area contributed by atoms with E-state index >= 15 is 0 Å². The lowest BCUT2D eigenvalue weighted by Crippen LogP contribution is -1.93. The number of rotatable bonds is 1. The highest BCUT2D eigenvalue weighted by molar-refractivity contribution is 5.49. The van der Waals surface area contributed by atoms with Crippen molar-refractivity contribution in [2.75, 3.05) is 0 Å². The lowest BCUT2D eigenvalue weighted by Gasteiger charge is -1.97. The van der Waals surface area contributed by atoms with Crippen molar-refractivity contribution in [1.82, 2.24) is 19.5 Å². The van der Waals surface area contributed by atoms with E-state index in [1.807, 2.05) is 0 Å². The summed E-state index contributed by atoms with van der Waals surface area (Å²) >= 11 is 0. The number of hydrogen-bond acceptors (Lipinski definition) is 4. The smallest absolute Gasteiger partial charge is 0.229 e. The van der Waals surface area contributed by atoms with Crippen LogP contribution in [0.25, 0.3) is 11.5 Å². The van der Waals surface area contributed by atoms with E-state index in [1.165, 1.54) is 12.5 Å². The molecule has 0 fully saturated rings. The number of nitrogens with zero attached hydrogens (tertiary/aromatic N) is 4.